The molecule has 2 aromatic carbocycles. The number of morpholine rings is 1. The highest BCUT2D eigenvalue weighted by atomic mass is 16.5. The molecule has 2 aromatic rings. The van der Waals surface area contributed by atoms with Gasteiger partial charge in [-0.25, -0.2) is 0 Å². The zero-order chi connectivity index (χ0) is 28.1. The van der Waals surface area contributed by atoms with E-state index in [1.165, 1.54) is 0 Å². The summed E-state index contributed by atoms with van der Waals surface area (Å²) in [6.07, 6.45) is 2.76. The van der Waals surface area contributed by atoms with Crippen molar-refractivity contribution in [1.82, 2.24) is 15.5 Å². The van der Waals surface area contributed by atoms with Gasteiger partial charge in [0.05, 0.1) is 13.2 Å². The number of nitrogens with one attached hydrogen (secondary N) is 2. The molecule has 9 heteroatoms. The molecule has 0 radical (unpaired) electrons. The van der Waals surface area contributed by atoms with Crippen LogP contribution in [0.15, 0.2) is 36.4 Å². The molecule has 212 valence electrons. The summed E-state index contributed by atoms with van der Waals surface area (Å²) in [5.74, 6) is -0.0791. The minimum Gasteiger partial charge on any atom is -0.492 e. The Morgan fingerprint density at radius 1 is 1.07 bits per heavy atom. The van der Waals surface area contributed by atoms with Gasteiger partial charge in [-0.15, -0.1) is 0 Å². The van der Waals surface area contributed by atoms with Gasteiger partial charge in [-0.3, -0.25) is 29.4 Å². The van der Waals surface area contributed by atoms with Crippen molar-refractivity contribution in [3.8, 4) is 5.75 Å². The Bertz CT molecular complexity index is 1290. The quantitative estimate of drug-likeness (QED) is 0.440. The highest BCUT2D eigenvalue weighted by Gasteiger charge is 2.33. The fourth-order valence-electron chi connectivity index (χ4n) is 5.74. The van der Waals surface area contributed by atoms with Gasteiger partial charge in [0.15, 0.2) is 5.78 Å². The summed E-state index contributed by atoms with van der Waals surface area (Å²) in [4.78, 5) is 51.5. The van der Waals surface area contributed by atoms with Crippen LogP contribution in [0.2, 0.25) is 0 Å². The van der Waals surface area contributed by atoms with Crippen molar-refractivity contribution in [1.29, 1.82) is 0 Å². The summed E-state index contributed by atoms with van der Waals surface area (Å²) in [7, 11) is 0. The molecule has 2 N–H and O–H groups in total. The Morgan fingerprint density at radius 3 is 2.65 bits per heavy atom. The number of imide groups is 1. The second-order valence-corrected chi connectivity index (χ2v) is 10.9. The Balaban J connectivity index is 1.10. The van der Waals surface area contributed by atoms with Gasteiger partial charge >= 0.3 is 0 Å². The molecule has 0 bridgehead atoms. The smallest absolute Gasteiger partial charge is 0.251 e. The molecule has 2 atom stereocenters. The highest BCUT2D eigenvalue weighted by Crippen LogP contribution is 2.32. The van der Waals surface area contributed by atoms with Gasteiger partial charge in [0.25, 0.3) is 5.91 Å². The number of hydrogen-bond acceptors (Lipinski definition) is 7. The summed E-state index contributed by atoms with van der Waals surface area (Å²) in [6, 6.07) is 11.2. The lowest BCUT2D eigenvalue weighted by molar-refractivity contribution is -0.136. The van der Waals surface area contributed by atoms with E-state index in [-0.39, 0.29) is 35.3 Å². The third kappa shape index (κ3) is 6.77. The third-order valence-electron chi connectivity index (χ3n) is 8.15. The van der Waals surface area contributed by atoms with E-state index in [4.69, 9.17) is 9.47 Å². The van der Waals surface area contributed by atoms with Crippen LogP contribution in [0.1, 0.15) is 63.1 Å². The van der Waals surface area contributed by atoms with E-state index in [0.717, 1.165) is 60.9 Å². The van der Waals surface area contributed by atoms with Crippen molar-refractivity contribution in [2.24, 2.45) is 11.8 Å². The van der Waals surface area contributed by atoms with E-state index in [9.17, 15) is 19.2 Å². The number of fused-ring (bicyclic) bond motifs is 1. The second-order valence-electron chi connectivity index (χ2n) is 10.9. The van der Waals surface area contributed by atoms with Crippen LogP contribution in [0, 0.1) is 18.8 Å². The first-order valence-electron chi connectivity index (χ1n) is 14.2. The van der Waals surface area contributed by atoms with Crippen LogP contribution in [-0.4, -0.2) is 67.9 Å². The largest absolute Gasteiger partial charge is 0.492 e. The third-order valence-corrected chi connectivity index (χ3v) is 8.15. The summed E-state index contributed by atoms with van der Waals surface area (Å²) in [6.45, 7) is 7.11. The van der Waals surface area contributed by atoms with E-state index in [0.29, 0.717) is 50.8 Å². The van der Waals surface area contributed by atoms with Crippen LogP contribution in [0.3, 0.4) is 0 Å². The minimum atomic E-state index is -0.224. The first-order valence-corrected chi connectivity index (χ1v) is 14.2. The molecule has 40 heavy (non-hydrogen) atoms. The highest BCUT2D eigenvalue weighted by molar-refractivity contribution is 6.02. The first-order chi connectivity index (χ1) is 19.4. The second kappa shape index (κ2) is 12.7. The molecule has 2 heterocycles. The molecule has 3 amide bonds. The number of carbonyl (C=O) groups excluding carboxylic acids is 4. The number of carbonyl (C=O) groups is 4. The van der Waals surface area contributed by atoms with Crippen LogP contribution in [0.25, 0.3) is 0 Å². The van der Waals surface area contributed by atoms with E-state index in [1.807, 2.05) is 37.3 Å². The number of Topliss-reactive ketones (excluding diaryl/α,β-unsaturated/α-hetero) is 1. The number of amides is 3. The molecule has 2 saturated heterocycles. The normalized spacial score (nSPS) is 21.2. The van der Waals surface area contributed by atoms with E-state index in [2.05, 4.69) is 15.5 Å². The van der Waals surface area contributed by atoms with Crippen molar-refractivity contribution in [2.45, 2.75) is 45.6 Å². The molecular formula is C31H37N3O6. The zero-order valence-corrected chi connectivity index (χ0v) is 23.0. The van der Waals surface area contributed by atoms with Gasteiger partial charge in [-0.2, -0.15) is 0 Å². The summed E-state index contributed by atoms with van der Waals surface area (Å²) < 4.78 is 11.3. The molecule has 2 aliphatic heterocycles. The van der Waals surface area contributed by atoms with Crippen LogP contribution in [0.5, 0.6) is 5.75 Å². The number of ketones is 1. The molecule has 3 aliphatic rings. The predicted molar refractivity (Wildman–Crippen MR) is 148 cm³/mol. The van der Waals surface area contributed by atoms with Gasteiger partial charge in [-0.05, 0) is 67.5 Å². The molecule has 5 rings (SSSR count). The number of aryl methyl sites for hydroxylation is 1. The van der Waals surface area contributed by atoms with E-state index >= 15 is 0 Å². The van der Waals surface area contributed by atoms with Gasteiger partial charge in [0.2, 0.25) is 11.8 Å². The SMILES string of the molecule is Cc1cc(C(=O)NCc2ccc3c(c2)CC(CCC2CCC(=O)NC2=O)C3=O)ccc1OCCN1CCOCC1. The van der Waals surface area contributed by atoms with E-state index < -0.39 is 0 Å². The molecule has 0 saturated carbocycles. The van der Waals surface area contributed by atoms with Crippen molar-refractivity contribution in [2.75, 3.05) is 39.5 Å². The molecule has 0 spiro atoms. The Hall–Kier alpha value is -3.56. The van der Waals surface area contributed by atoms with Crippen LogP contribution in [0.4, 0.5) is 0 Å². The summed E-state index contributed by atoms with van der Waals surface area (Å²) in [5, 5.41) is 5.38. The number of piperidine rings is 1. The number of hydrogen-bond donors (Lipinski definition) is 2. The fraction of sp³-hybridized carbons (Fsp3) is 0.484. The van der Waals surface area contributed by atoms with Crippen LogP contribution >= 0.6 is 0 Å². The maximum absolute atomic E-state index is 12.9. The topological polar surface area (TPSA) is 114 Å². The van der Waals surface area contributed by atoms with Gasteiger partial charge < -0.3 is 14.8 Å². The van der Waals surface area contributed by atoms with Gasteiger partial charge in [0, 0.05) is 55.6 Å². The lowest BCUT2D eigenvalue weighted by atomic mass is 9.88. The zero-order valence-electron chi connectivity index (χ0n) is 23.0. The molecule has 9 nitrogen and oxygen atoms in total. The number of nitrogens with zero attached hydrogens (tertiary/aromatic N) is 1. The lowest BCUT2D eigenvalue weighted by Gasteiger charge is -2.26. The average molecular weight is 548 g/mol. The van der Waals surface area contributed by atoms with Gasteiger partial charge in [0.1, 0.15) is 12.4 Å². The molecular weight excluding hydrogens is 510 g/mol. The number of benzene rings is 2. The monoisotopic (exact) mass is 547 g/mol. The molecule has 1 aliphatic carbocycles. The average Bonchev–Trinajstić information content (AvgIpc) is 3.27. The number of ether oxygens (including phenoxy) is 2. The Kier molecular flexibility index (Phi) is 8.91. The first kappa shape index (κ1) is 28.0. The maximum atomic E-state index is 12.9. The van der Waals surface area contributed by atoms with Crippen LogP contribution < -0.4 is 15.4 Å². The van der Waals surface area contributed by atoms with Crippen molar-refractivity contribution < 1.29 is 28.7 Å². The minimum absolute atomic E-state index is 0.112. The lowest BCUT2D eigenvalue weighted by Crippen LogP contribution is -2.40. The molecule has 0 aromatic heterocycles. The summed E-state index contributed by atoms with van der Waals surface area (Å²) >= 11 is 0. The maximum Gasteiger partial charge on any atom is 0.251 e. The van der Waals surface area contributed by atoms with Crippen LogP contribution in [-0.2, 0) is 27.3 Å². The molecule has 2 unspecified atom stereocenters. The van der Waals surface area contributed by atoms with Crippen molar-refractivity contribution in [3.05, 3.63) is 64.2 Å². The number of rotatable bonds is 10. The Labute approximate surface area is 234 Å². The van der Waals surface area contributed by atoms with Crippen molar-refractivity contribution in [3.63, 3.8) is 0 Å². The predicted octanol–water partition coefficient (Wildman–Crippen LogP) is 2.82. The summed E-state index contributed by atoms with van der Waals surface area (Å²) in [5.41, 5.74) is 4.13. The fourth-order valence-corrected chi connectivity index (χ4v) is 5.74. The Morgan fingerprint density at radius 2 is 1.88 bits per heavy atom. The standard InChI is InChI=1S/C31H37N3O6/c1-20-16-24(5-8-27(20)40-15-12-34-10-13-39-14-11-34)30(37)32-19-21-2-7-26-25(17-21)18-23(29(26)36)4-3-22-6-9-28(35)33-31(22)38/h2,5,7-8,16-17,22-23H,3-4,6,9-15,18-19H2,1H3,(H,32,37)(H,33,35,38). The molecule has 2 fully saturated rings. The van der Waals surface area contributed by atoms with Gasteiger partial charge in [-0.1, -0.05) is 18.2 Å². The van der Waals surface area contributed by atoms with Crippen molar-refractivity contribution >= 4 is 23.5 Å². The van der Waals surface area contributed by atoms with E-state index in [1.54, 1.807) is 6.07 Å².